The van der Waals surface area contributed by atoms with Crippen molar-refractivity contribution in [1.29, 1.82) is 0 Å². The summed E-state index contributed by atoms with van der Waals surface area (Å²) in [5.41, 5.74) is 6.05. The van der Waals surface area contributed by atoms with E-state index in [4.69, 9.17) is 28.9 Å². The molecule has 2 N–H and O–H groups in total. The molecule has 2 fully saturated rings. The topological polar surface area (TPSA) is 63.4 Å². The molecule has 1 heterocycles. The van der Waals surface area contributed by atoms with Crippen molar-refractivity contribution in [1.82, 2.24) is 4.31 Å². The third-order valence-electron chi connectivity index (χ3n) is 4.41. The Balaban J connectivity index is 1.88. The van der Waals surface area contributed by atoms with Crippen molar-refractivity contribution < 1.29 is 8.42 Å². The van der Waals surface area contributed by atoms with Crippen molar-refractivity contribution in [3.05, 3.63) is 28.2 Å². The fraction of sp³-hybridized carbons (Fsp3) is 0.538. The lowest BCUT2D eigenvalue weighted by atomic mass is 9.98. The van der Waals surface area contributed by atoms with Gasteiger partial charge in [0.15, 0.2) is 0 Å². The lowest BCUT2D eigenvalue weighted by Gasteiger charge is -2.18. The Morgan fingerprint density at radius 1 is 1.15 bits per heavy atom. The summed E-state index contributed by atoms with van der Waals surface area (Å²) >= 11 is 11.7. The molecule has 0 spiro atoms. The molecule has 0 aromatic heterocycles. The summed E-state index contributed by atoms with van der Waals surface area (Å²) in [4.78, 5) is 0.195. The maximum Gasteiger partial charge on any atom is 0.243 e. The first-order chi connectivity index (χ1) is 9.39. The molecule has 3 atom stereocenters. The van der Waals surface area contributed by atoms with E-state index in [-0.39, 0.29) is 21.9 Å². The molecule has 3 rings (SSSR count). The molecule has 0 amide bonds. The Labute approximate surface area is 128 Å². The van der Waals surface area contributed by atoms with Gasteiger partial charge in [-0.2, -0.15) is 4.31 Å². The summed E-state index contributed by atoms with van der Waals surface area (Å²) in [5, 5.41) is 0.606. The highest BCUT2D eigenvalue weighted by molar-refractivity contribution is 7.89. The number of sulfonamides is 1. The second-order valence-electron chi connectivity index (χ2n) is 5.56. The van der Waals surface area contributed by atoms with E-state index >= 15 is 0 Å². The van der Waals surface area contributed by atoms with Gasteiger partial charge in [0.1, 0.15) is 0 Å². The van der Waals surface area contributed by atoms with Crippen molar-refractivity contribution >= 4 is 33.2 Å². The van der Waals surface area contributed by atoms with Crippen molar-refractivity contribution in [2.24, 2.45) is 17.6 Å². The smallest absolute Gasteiger partial charge is 0.243 e. The van der Waals surface area contributed by atoms with E-state index in [1.165, 1.54) is 22.5 Å². The number of hydrogen-bond donors (Lipinski definition) is 1. The molecule has 0 bridgehead atoms. The fourth-order valence-corrected chi connectivity index (χ4v) is 5.17. The van der Waals surface area contributed by atoms with Gasteiger partial charge in [0.2, 0.25) is 10.0 Å². The second-order valence-corrected chi connectivity index (χ2v) is 8.32. The standard InChI is InChI=1S/C13H16Cl2N2O2S/c14-11-3-2-9(5-12(11)15)20(18,19)17-6-8-1-4-13(16)10(8)7-17/h2-3,5,8,10,13H,1,4,6-7,16H2. The monoisotopic (exact) mass is 334 g/mol. The lowest BCUT2D eigenvalue weighted by molar-refractivity contribution is 0.427. The minimum absolute atomic E-state index is 0.119. The van der Waals surface area contributed by atoms with Gasteiger partial charge in [-0.3, -0.25) is 0 Å². The normalized spacial score (nSPS) is 30.6. The van der Waals surface area contributed by atoms with E-state index in [1.54, 1.807) is 0 Å². The molecule has 7 heteroatoms. The van der Waals surface area contributed by atoms with Gasteiger partial charge in [-0.25, -0.2) is 8.42 Å². The number of nitrogens with two attached hydrogens (primary N) is 1. The van der Waals surface area contributed by atoms with Crippen LogP contribution in [0.25, 0.3) is 0 Å². The SMILES string of the molecule is NC1CCC2CN(S(=O)(=O)c3ccc(Cl)c(Cl)c3)CC12. The molecule has 1 aromatic rings. The first-order valence-electron chi connectivity index (χ1n) is 6.60. The molecule has 110 valence electrons. The Morgan fingerprint density at radius 3 is 2.55 bits per heavy atom. The highest BCUT2D eigenvalue weighted by Gasteiger charge is 2.45. The molecule has 20 heavy (non-hydrogen) atoms. The van der Waals surface area contributed by atoms with Crippen LogP contribution in [0.5, 0.6) is 0 Å². The average molecular weight is 335 g/mol. The molecule has 1 aliphatic heterocycles. The average Bonchev–Trinajstić information content (AvgIpc) is 2.96. The third kappa shape index (κ3) is 2.35. The van der Waals surface area contributed by atoms with Gasteiger partial charge >= 0.3 is 0 Å². The quantitative estimate of drug-likeness (QED) is 0.902. The molecular formula is C13H16Cl2N2O2S. The van der Waals surface area contributed by atoms with E-state index in [0.29, 0.717) is 24.0 Å². The zero-order valence-corrected chi connectivity index (χ0v) is 13.1. The van der Waals surface area contributed by atoms with Crippen molar-refractivity contribution in [2.75, 3.05) is 13.1 Å². The molecular weight excluding hydrogens is 319 g/mol. The maximum absolute atomic E-state index is 12.6. The molecule has 3 unspecified atom stereocenters. The molecule has 0 radical (unpaired) electrons. The zero-order chi connectivity index (χ0) is 14.5. The van der Waals surface area contributed by atoms with Crippen molar-refractivity contribution in [3.8, 4) is 0 Å². The first-order valence-corrected chi connectivity index (χ1v) is 8.80. The predicted octanol–water partition coefficient (Wildman–Crippen LogP) is 2.35. The van der Waals surface area contributed by atoms with Crippen LogP contribution in [0.3, 0.4) is 0 Å². The molecule has 1 aliphatic carbocycles. The number of benzene rings is 1. The molecule has 1 saturated carbocycles. The highest BCUT2D eigenvalue weighted by Crippen LogP contribution is 2.39. The minimum atomic E-state index is -3.51. The molecule has 2 aliphatic rings. The van der Waals surface area contributed by atoms with Gasteiger partial charge in [-0.1, -0.05) is 23.2 Å². The summed E-state index contributed by atoms with van der Waals surface area (Å²) in [6.07, 6.45) is 2.01. The Hall–Kier alpha value is -0.330. The van der Waals surface area contributed by atoms with Gasteiger partial charge in [0.25, 0.3) is 0 Å². The Morgan fingerprint density at radius 2 is 1.90 bits per heavy atom. The van der Waals surface area contributed by atoms with E-state index < -0.39 is 10.0 Å². The van der Waals surface area contributed by atoms with Crippen LogP contribution < -0.4 is 5.73 Å². The Bertz CT molecular complexity index is 635. The number of fused-ring (bicyclic) bond motifs is 1. The van der Waals surface area contributed by atoms with Crippen LogP contribution in [0, 0.1) is 11.8 Å². The second kappa shape index (κ2) is 5.14. The number of rotatable bonds is 2. The number of nitrogens with zero attached hydrogens (tertiary/aromatic N) is 1. The van der Waals surface area contributed by atoms with Crippen LogP contribution in [0.15, 0.2) is 23.1 Å². The fourth-order valence-electron chi connectivity index (χ4n) is 3.25. The van der Waals surface area contributed by atoms with Crippen LogP contribution in [0.2, 0.25) is 10.0 Å². The Kier molecular flexibility index (Phi) is 3.75. The van der Waals surface area contributed by atoms with E-state index in [9.17, 15) is 8.42 Å². The largest absolute Gasteiger partial charge is 0.327 e. The van der Waals surface area contributed by atoms with Gasteiger partial charge in [-0.05, 0) is 42.9 Å². The third-order valence-corrected chi connectivity index (χ3v) is 6.97. The first kappa shape index (κ1) is 14.6. The number of hydrogen-bond acceptors (Lipinski definition) is 3. The summed E-state index contributed by atoms with van der Waals surface area (Å²) in [7, 11) is -3.51. The maximum atomic E-state index is 12.6. The van der Waals surface area contributed by atoms with E-state index in [0.717, 1.165) is 12.8 Å². The highest BCUT2D eigenvalue weighted by atomic mass is 35.5. The summed E-state index contributed by atoms with van der Waals surface area (Å²) in [5.74, 6) is 0.676. The van der Waals surface area contributed by atoms with Gasteiger partial charge in [-0.15, -0.1) is 0 Å². The number of halogens is 2. The molecule has 1 aromatic carbocycles. The van der Waals surface area contributed by atoms with Crippen LogP contribution in [-0.4, -0.2) is 31.9 Å². The van der Waals surface area contributed by atoms with Crippen LogP contribution >= 0.6 is 23.2 Å². The van der Waals surface area contributed by atoms with Crippen LogP contribution in [0.4, 0.5) is 0 Å². The van der Waals surface area contributed by atoms with Gasteiger partial charge in [0.05, 0.1) is 14.9 Å². The van der Waals surface area contributed by atoms with E-state index in [2.05, 4.69) is 0 Å². The van der Waals surface area contributed by atoms with Crippen LogP contribution in [0.1, 0.15) is 12.8 Å². The summed E-state index contributed by atoms with van der Waals surface area (Å²) in [6, 6.07) is 4.54. The molecule has 4 nitrogen and oxygen atoms in total. The summed E-state index contributed by atoms with van der Waals surface area (Å²) < 4.78 is 26.8. The van der Waals surface area contributed by atoms with Gasteiger partial charge < -0.3 is 5.73 Å². The van der Waals surface area contributed by atoms with Crippen LogP contribution in [-0.2, 0) is 10.0 Å². The predicted molar refractivity (Wildman–Crippen MR) is 79.4 cm³/mol. The van der Waals surface area contributed by atoms with Crippen molar-refractivity contribution in [3.63, 3.8) is 0 Å². The van der Waals surface area contributed by atoms with E-state index in [1.807, 2.05) is 0 Å². The zero-order valence-electron chi connectivity index (χ0n) is 10.8. The minimum Gasteiger partial charge on any atom is -0.327 e. The molecule has 1 saturated heterocycles. The lowest BCUT2D eigenvalue weighted by Crippen LogP contribution is -2.33. The summed E-state index contributed by atoms with van der Waals surface area (Å²) in [6.45, 7) is 1.06. The van der Waals surface area contributed by atoms with Gasteiger partial charge in [0, 0.05) is 19.1 Å². The van der Waals surface area contributed by atoms with Crippen molar-refractivity contribution in [2.45, 2.75) is 23.8 Å².